The number of aliphatic imine (C=N–C) groups is 1. The molecule has 2 atom stereocenters. The molecule has 1 aromatic rings. The molecule has 1 aliphatic heterocycles. The van der Waals surface area contributed by atoms with E-state index in [1.54, 1.807) is 0 Å². The van der Waals surface area contributed by atoms with Crippen LogP contribution in [0.2, 0.25) is 5.02 Å². The molecule has 2 unspecified atom stereocenters. The van der Waals surface area contributed by atoms with Gasteiger partial charge in [-0.3, -0.25) is 4.90 Å². The van der Waals surface area contributed by atoms with Crippen LogP contribution < -0.4 is 4.90 Å². The summed E-state index contributed by atoms with van der Waals surface area (Å²) < 4.78 is 1.17. The van der Waals surface area contributed by atoms with Crippen molar-refractivity contribution in [2.75, 3.05) is 7.05 Å². The number of nitrogens with zero attached hydrogens (tertiary/aromatic N) is 1. The van der Waals surface area contributed by atoms with Crippen LogP contribution in [-0.2, 0) is 0 Å². The lowest BCUT2D eigenvalue weighted by atomic mass is 10.2. The summed E-state index contributed by atoms with van der Waals surface area (Å²) in [5, 5.41) is 0.826. The quantitative estimate of drug-likeness (QED) is 0.751. The molecule has 0 bridgehead atoms. The Morgan fingerprint density at radius 2 is 2.25 bits per heavy atom. The molecular weight excluding hydrogens is 335 g/mol. The van der Waals surface area contributed by atoms with Crippen molar-refractivity contribution in [1.29, 1.82) is 0 Å². The van der Waals surface area contributed by atoms with Gasteiger partial charge in [0, 0.05) is 16.1 Å². The number of benzene rings is 1. The fourth-order valence-electron chi connectivity index (χ4n) is 1.97. The third-order valence-corrected chi connectivity index (χ3v) is 3.93. The molecule has 1 N–H and O–H groups in total. The molecule has 2 nitrogen and oxygen atoms in total. The predicted octanol–water partition coefficient (Wildman–Crippen LogP) is 2.67. The Balaban J connectivity index is 2.27. The number of hydrogen-bond acceptors (Lipinski definition) is 1. The van der Waals surface area contributed by atoms with Crippen molar-refractivity contribution in [3.63, 3.8) is 0 Å². The summed E-state index contributed by atoms with van der Waals surface area (Å²) in [5.41, 5.74) is 1.12. The minimum atomic E-state index is 0.465. The molecule has 0 aliphatic carbocycles. The largest absolute Gasteiger partial charge is 0.259 e. The number of rotatable bonds is 1. The molecule has 1 aromatic carbocycles. The third-order valence-electron chi connectivity index (χ3n) is 2.94. The van der Waals surface area contributed by atoms with Gasteiger partial charge in [-0.1, -0.05) is 11.6 Å². The highest BCUT2D eigenvalue weighted by atomic mass is 127. The van der Waals surface area contributed by atoms with E-state index in [2.05, 4.69) is 53.7 Å². The molecule has 0 aromatic heterocycles. The molecule has 0 saturated carbocycles. The molecule has 0 amide bonds. The predicted molar refractivity (Wildman–Crippen MR) is 76.8 cm³/mol. The van der Waals surface area contributed by atoms with Crippen molar-refractivity contribution in [3.8, 4) is 0 Å². The SMILES string of the molecule is CC1CCC([NH+](C)c2ccc(I)cc2Cl)=N1. The van der Waals surface area contributed by atoms with Gasteiger partial charge in [0.2, 0.25) is 5.84 Å². The number of quaternary nitrogens is 1. The summed E-state index contributed by atoms with van der Waals surface area (Å²) in [6, 6.07) is 6.64. The second-order valence-corrected chi connectivity index (χ2v) is 5.87. The minimum absolute atomic E-state index is 0.465. The van der Waals surface area contributed by atoms with Crippen LogP contribution in [0.4, 0.5) is 5.69 Å². The van der Waals surface area contributed by atoms with E-state index in [9.17, 15) is 0 Å². The van der Waals surface area contributed by atoms with Crippen LogP contribution in [0.25, 0.3) is 0 Å². The monoisotopic (exact) mass is 349 g/mol. The van der Waals surface area contributed by atoms with Gasteiger partial charge in [-0.05, 0) is 48.1 Å². The molecule has 86 valence electrons. The van der Waals surface area contributed by atoms with Gasteiger partial charge in [0.15, 0.2) is 5.69 Å². The second kappa shape index (κ2) is 5.02. The van der Waals surface area contributed by atoms with Gasteiger partial charge in [0.1, 0.15) is 5.02 Å². The fraction of sp³-hybridized carbons (Fsp3) is 0.417. The summed E-state index contributed by atoms with van der Waals surface area (Å²) in [7, 11) is 2.12. The van der Waals surface area contributed by atoms with Crippen LogP contribution in [0.3, 0.4) is 0 Å². The lowest BCUT2D eigenvalue weighted by molar-refractivity contribution is -0.706. The van der Waals surface area contributed by atoms with Crippen molar-refractivity contribution >= 4 is 45.7 Å². The van der Waals surface area contributed by atoms with E-state index >= 15 is 0 Å². The van der Waals surface area contributed by atoms with Gasteiger partial charge >= 0.3 is 0 Å². The first-order valence-electron chi connectivity index (χ1n) is 5.44. The molecule has 16 heavy (non-hydrogen) atoms. The summed E-state index contributed by atoms with van der Waals surface area (Å²) in [4.78, 5) is 5.87. The lowest BCUT2D eigenvalue weighted by Crippen LogP contribution is -3.06. The number of halogens is 2. The van der Waals surface area contributed by atoms with Crippen molar-refractivity contribution in [2.24, 2.45) is 4.99 Å². The van der Waals surface area contributed by atoms with Crippen molar-refractivity contribution < 1.29 is 4.90 Å². The molecule has 2 rings (SSSR count). The molecule has 0 saturated heterocycles. The highest BCUT2D eigenvalue weighted by molar-refractivity contribution is 14.1. The second-order valence-electron chi connectivity index (χ2n) is 4.21. The van der Waals surface area contributed by atoms with Gasteiger partial charge in [0.25, 0.3) is 0 Å². The normalized spacial score (nSPS) is 22.0. The summed E-state index contributed by atoms with van der Waals surface area (Å²) in [6.07, 6.45) is 2.24. The zero-order valence-corrected chi connectivity index (χ0v) is 12.3. The van der Waals surface area contributed by atoms with Gasteiger partial charge in [0.05, 0.1) is 13.1 Å². The number of nitrogens with one attached hydrogen (secondary N) is 1. The van der Waals surface area contributed by atoms with Gasteiger partial charge in [-0.25, -0.2) is 4.99 Å². The molecule has 1 aliphatic rings. The van der Waals surface area contributed by atoms with Crippen LogP contribution in [0.15, 0.2) is 23.2 Å². The summed E-state index contributed by atoms with van der Waals surface area (Å²) in [6.45, 7) is 2.16. The first-order valence-corrected chi connectivity index (χ1v) is 6.89. The van der Waals surface area contributed by atoms with Gasteiger partial charge in [-0.2, -0.15) is 0 Å². The minimum Gasteiger partial charge on any atom is -0.259 e. The van der Waals surface area contributed by atoms with Crippen LogP contribution in [-0.4, -0.2) is 18.9 Å². The summed E-state index contributed by atoms with van der Waals surface area (Å²) >= 11 is 8.53. The zero-order valence-electron chi connectivity index (χ0n) is 9.43. The molecule has 4 heteroatoms. The Kier molecular flexibility index (Phi) is 3.87. The molecular formula is C12H15ClIN2+. The first-order chi connectivity index (χ1) is 7.58. The fourth-order valence-corrected chi connectivity index (χ4v) is 2.97. The van der Waals surface area contributed by atoms with E-state index in [1.165, 1.54) is 14.3 Å². The topological polar surface area (TPSA) is 16.8 Å². The number of amidine groups is 1. The van der Waals surface area contributed by atoms with Crippen LogP contribution in [0, 0.1) is 3.57 Å². The van der Waals surface area contributed by atoms with E-state index in [0.717, 1.165) is 23.6 Å². The molecule has 0 fully saturated rings. The average molecular weight is 350 g/mol. The highest BCUT2D eigenvalue weighted by Crippen LogP contribution is 2.21. The third kappa shape index (κ3) is 2.57. The first kappa shape index (κ1) is 12.3. The van der Waals surface area contributed by atoms with Gasteiger partial charge < -0.3 is 0 Å². The van der Waals surface area contributed by atoms with Gasteiger partial charge in [-0.15, -0.1) is 0 Å². The Morgan fingerprint density at radius 3 is 2.81 bits per heavy atom. The van der Waals surface area contributed by atoms with Crippen LogP contribution >= 0.6 is 34.2 Å². The molecule has 0 radical (unpaired) electrons. The van der Waals surface area contributed by atoms with Crippen LogP contribution in [0.5, 0.6) is 0 Å². The molecule has 0 spiro atoms. The van der Waals surface area contributed by atoms with Crippen molar-refractivity contribution in [1.82, 2.24) is 0 Å². The lowest BCUT2D eigenvalue weighted by Gasteiger charge is -2.13. The van der Waals surface area contributed by atoms with Crippen molar-refractivity contribution in [2.45, 2.75) is 25.8 Å². The van der Waals surface area contributed by atoms with E-state index < -0.39 is 0 Å². The highest BCUT2D eigenvalue weighted by Gasteiger charge is 2.24. The number of hydrogen-bond donors (Lipinski definition) is 1. The smallest absolute Gasteiger partial charge is 0.201 e. The van der Waals surface area contributed by atoms with E-state index in [0.29, 0.717) is 6.04 Å². The molecule has 1 heterocycles. The zero-order chi connectivity index (χ0) is 11.7. The van der Waals surface area contributed by atoms with Crippen molar-refractivity contribution in [3.05, 3.63) is 26.8 Å². The standard InChI is InChI=1S/C12H14ClIN2/c1-8-3-6-12(15-8)16(2)11-5-4-9(14)7-10(11)13/h4-5,7-8H,3,6H2,1-2H3/p+1. The Hall–Kier alpha value is -0.130. The Morgan fingerprint density at radius 1 is 1.50 bits per heavy atom. The van der Waals surface area contributed by atoms with E-state index in [-0.39, 0.29) is 0 Å². The summed E-state index contributed by atoms with van der Waals surface area (Å²) in [5.74, 6) is 1.22. The Bertz CT molecular complexity index is 431. The van der Waals surface area contributed by atoms with E-state index in [1.807, 2.05) is 6.07 Å². The maximum Gasteiger partial charge on any atom is 0.201 e. The maximum absolute atomic E-state index is 6.26. The van der Waals surface area contributed by atoms with E-state index in [4.69, 9.17) is 11.6 Å². The Labute approximate surface area is 115 Å². The average Bonchev–Trinajstić information content (AvgIpc) is 2.64. The van der Waals surface area contributed by atoms with Crippen LogP contribution in [0.1, 0.15) is 19.8 Å². The maximum atomic E-state index is 6.26.